The molecule has 0 amide bonds. The number of carbonyl (C=O) groups is 1. The molecule has 0 aromatic heterocycles. The van der Waals surface area contributed by atoms with E-state index in [2.05, 4.69) is 102 Å². The highest BCUT2D eigenvalue weighted by atomic mass is 28.4. The van der Waals surface area contributed by atoms with E-state index in [9.17, 15) is 4.79 Å². The van der Waals surface area contributed by atoms with Crippen LogP contribution in [0.1, 0.15) is 78.2 Å². The monoisotopic (exact) mass is 602 g/mol. The minimum Gasteiger partial charge on any atom is -0.541 e. The number of hydrogen-bond donors (Lipinski definition) is 0. The lowest BCUT2D eigenvalue weighted by molar-refractivity contribution is 0.0711. The molecule has 0 atom stereocenters. The lowest BCUT2D eigenvalue weighted by Crippen LogP contribution is -2.46. The lowest BCUT2D eigenvalue weighted by atomic mass is 10.2. The van der Waals surface area contributed by atoms with Crippen molar-refractivity contribution < 1.29 is 22.8 Å². The van der Waals surface area contributed by atoms with Gasteiger partial charge in [-0.05, 0) is 72.1 Å². The Morgan fingerprint density at radius 1 is 0.650 bits per heavy atom. The number of rotatable bonds is 9. The van der Waals surface area contributed by atoms with Crippen LogP contribution in [0, 0.1) is 0 Å². The minimum absolute atomic E-state index is 0.0438. The van der Waals surface area contributed by atoms with Crippen molar-refractivity contribution in [3.8, 4) is 17.2 Å². The van der Waals surface area contributed by atoms with Crippen LogP contribution in [0.3, 0.4) is 0 Å². The van der Waals surface area contributed by atoms with Gasteiger partial charge in [-0.25, -0.2) is 4.79 Å². The number of benzene rings is 2. The van der Waals surface area contributed by atoms with Crippen LogP contribution in [0.5, 0.6) is 17.2 Å². The highest BCUT2D eigenvalue weighted by Crippen LogP contribution is 2.48. The normalized spacial score (nSPS) is 13.6. The molecule has 0 aliphatic carbocycles. The third-order valence-corrected chi connectivity index (χ3v) is 22.0. The van der Waals surface area contributed by atoms with Crippen LogP contribution in [0.15, 0.2) is 42.5 Å². The Hall–Kier alpha value is -2.04. The zero-order valence-corrected chi connectivity index (χ0v) is 30.8. The first-order valence-electron chi connectivity index (χ1n) is 14.3. The second-order valence-corrected chi connectivity index (χ2v) is 29.6. The smallest absolute Gasteiger partial charge is 0.325 e. The predicted molar refractivity (Wildman–Crippen MR) is 175 cm³/mol. The van der Waals surface area contributed by atoms with Gasteiger partial charge in [0.1, 0.15) is 12.4 Å². The van der Waals surface area contributed by atoms with Gasteiger partial charge >= 0.3 is 5.97 Å². The Kier molecular flexibility index (Phi) is 9.98. The lowest BCUT2D eigenvalue weighted by Gasteiger charge is -2.40. The van der Waals surface area contributed by atoms with Crippen molar-refractivity contribution in [1.29, 1.82) is 0 Å². The molecule has 0 unspecified atom stereocenters. The summed E-state index contributed by atoms with van der Waals surface area (Å²) in [6.07, 6.45) is 0. The van der Waals surface area contributed by atoms with Crippen LogP contribution < -0.4 is 13.6 Å². The van der Waals surface area contributed by atoms with E-state index >= 15 is 0 Å². The molecule has 0 heterocycles. The van der Waals surface area contributed by atoms with Gasteiger partial charge < -0.3 is 18.0 Å². The third kappa shape index (κ3) is 8.26. The standard InChI is InChI=1S/C32H54O5Si3/c1-30(2,3)38(10,11)35-27-22-25(29(33)37-40(14,15)32(7,8)9)21-26(34-23-24-19-17-16-18-20-24)28(27)36-39(12,13)31(4,5)6/h16-22H,23H2,1-15H3. The molecule has 2 rings (SSSR count). The summed E-state index contributed by atoms with van der Waals surface area (Å²) in [4.78, 5) is 13.7. The number of carbonyl (C=O) groups excluding carboxylic acids is 1. The van der Waals surface area contributed by atoms with Crippen LogP contribution in [-0.4, -0.2) is 30.9 Å². The average molecular weight is 603 g/mol. The molecule has 0 aliphatic rings. The zero-order chi connectivity index (χ0) is 30.9. The van der Waals surface area contributed by atoms with Gasteiger partial charge in [0.05, 0.1) is 5.56 Å². The molecule has 0 saturated heterocycles. The van der Waals surface area contributed by atoms with Crippen molar-refractivity contribution in [3.63, 3.8) is 0 Å². The topological polar surface area (TPSA) is 54.0 Å². The summed E-state index contributed by atoms with van der Waals surface area (Å²) in [5.41, 5.74) is 1.45. The summed E-state index contributed by atoms with van der Waals surface area (Å²) in [6, 6.07) is 13.6. The summed E-state index contributed by atoms with van der Waals surface area (Å²) >= 11 is 0. The van der Waals surface area contributed by atoms with E-state index in [0.717, 1.165) is 5.56 Å². The molecule has 5 nitrogen and oxygen atoms in total. The Balaban J connectivity index is 2.76. The molecule has 40 heavy (non-hydrogen) atoms. The van der Waals surface area contributed by atoms with Gasteiger partial charge in [-0.2, -0.15) is 0 Å². The predicted octanol–water partition coefficient (Wildman–Crippen LogP) is 10.2. The van der Waals surface area contributed by atoms with Crippen molar-refractivity contribution in [2.24, 2.45) is 0 Å². The van der Waals surface area contributed by atoms with Crippen LogP contribution in [0.4, 0.5) is 0 Å². The van der Waals surface area contributed by atoms with Crippen molar-refractivity contribution >= 4 is 30.9 Å². The molecule has 0 fully saturated rings. The first kappa shape index (κ1) is 34.2. The van der Waals surface area contributed by atoms with E-state index in [4.69, 9.17) is 18.0 Å². The highest BCUT2D eigenvalue weighted by Gasteiger charge is 2.44. The van der Waals surface area contributed by atoms with E-state index in [1.807, 2.05) is 36.4 Å². The molecule has 2 aromatic carbocycles. The summed E-state index contributed by atoms with van der Waals surface area (Å²) in [6.45, 7) is 33.0. The first-order chi connectivity index (χ1) is 17.9. The van der Waals surface area contributed by atoms with Crippen LogP contribution >= 0.6 is 0 Å². The Labute approximate surface area is 247 Å². The minimum atomic E-state index is -2.36. The molecular weight excluding hydrogens is 549 g/mol. The van der Waals surface area contributed by atoms with Gasteiger partial charge in [-0.15, -0.1) is 0 Å². The molecule has 8 heteroatoms. The van der Waals surface area contributed by atoms with Crippen molar-refractivity contribution in [1.82, 2.24) is 0 Å². The summed E-state index contributed by atoms with van der Waals surface area (Å²) in [7, 11) is -6.96. The third-order valence-electron chi connectivity index (χ3n) is 8.98. The van der Waals surface area contributed by atoms with E-state index in [-0.39, 0.29) is 21.1 Å². The molecule has 0 saturated carbocycles. The van der Waals surface area contributed by atoms with E-state index in [1.54, 1.807) is 6.07 Å². The Bertz CT molecular complexity index is 1170. The molecule has 224 valence electrons. The van der Waals surface area contributed by atoms with E-state index < -0.39 is 25.0 Å². The van der Waals surface area contributed by atoms with E-state index in [1.165, 1.54) is 0 Å². The molecular formula is C32H54O5Si3. The molecule has 0 aliphatic heterocycles. The molecule has 0 spiro atoms. The average Bonchev–Trinajstić information content (AvgIpc) is 2.76. The van der Waals surface area contributed by atoms with Gasteiger partial charge in [0, 0.05) is 0 Å². The molecule has 0 bridgehead atoms. The molecule has 2 aromatic rings. The quantitative estimate of drug-likeness (QED) is 0.267. The number of hydrogen-bond acceptors (Lipinski definition) is 5. The largest absolute Gasteiger partial charge is 0.541 e. The van der Waals surface area contributed by atoms with Gasteiger partial charge in [0.15, 0.2) is 11.5 Å². The summed E-state index contributed by atoms with van der Waals surface area (Å²) in [5.74, 6) is 1.29. The van der Waals surface area contributed by atoms with Gasteiger partial charge in [0.2, 0.25) is 0 Å². The highest BCUT2D eigenvalue weighted by molar-refractivity contribution is 6.76. The fourth-order valence-electron chi connectivity index (χ4n) is 2.99. The van der Waals surface area contributed by atoms with Gasteiger partial charge in [-0.1, -0.05) is 92.6 Å². The summed E-state index contributed by atoms with van der Waals surface area (Å²) in [5, 5.41) is -0.205. The van der Waals surface area contributed by atoms with Crippen molar-refractivity contribution in [2.45, 2.75) is 123 Å². The van der Waals surface area contributed by atoms with Gasteiger partial charge in [-0.3, -0.25) is 0 Å². The van der Waals surface area contributed by atoms with E-state index in [0.29, 0.717) is 29.4 Å². The summed E-state index contributed by atoms with van der Waals surface area (Å²) < 4.78 is 26.5. The fourth-order valence-corrected chi connectivity index (χ4v) is 5.91. The second kappa shape index (κ2) is 11.7. The molecule has 0 N–H and O–H groups in total. The number of ether oxygens (including phenoxy) is 1. The van der Waals surface area contributed by atoms with Crippen LogP contribution in [0.25, 0.3) is 0 Å². The van der Waals surface area contributed by atoms with Crippen molar-refractivity contribution in [2.75, 3.05) is 0 Å². The zero-order valence-electron chi connectivity index (χ0n) is 27.8. The van der Waals surface area contributed by atoms with Gasteiger partial charge in [0.25, 0.3) is 25.0 Å². The maximum Gasteiger partial charge on any atom is 0.325 e. The maximum atomic E-state index is 13.7. The molecule has 0 radical (unpaired) electrons. The van der Waals surface area contributed by atoms with Crippen LogP contribution in [-0.2, 0) is 11.0 Å². The second-order valence-electron chi connectivity index (χ2n) is 15.5. The maximum absolute atomic E-state index is 13.7. The Morgan fingerprint density at radius 3 is 1.57 bits per heavy atom. The fraction of sp³-hybridized carbons (Fsp3) is 0.594. The van der Waals surface area contributed by atoms with Crippen LogP contribution in [0.2, 0.25) is 54.4 Å². The van der Waals surface area contributed by atoms with Crippen molar-refractivity contribution in [3.05, 3.63) is 53.6 Å². The Morgan fingerprint density at radius 2 is 1.10 bits per heavy atom. The SMILES string of the molecule is CC(C)(C)[Si](C)(C)OC(=O)c1cc(OCc2ccccc2)c(O[Si](C)(C)C(C)(C)C)c(O[Si](C)(C)C(C)(C)C)c1. The first-order valence-corrected chi connectivity index (χ1v) is 23.1.